The van der Waals surface area contributed by atoms with E-state index in [1.807, 2.05) is 0 Å². The van der Waals surface area contributed by atoms with E-state index in [9.17, 15) is 4.39 Å². The van der Waals surface area contributed by atoms with Crippen molar-refractivity contribution < 1.29 is 4.39 Å². The molecule has 1 aliphatic carbocycles. The third kappa shape index (κ3) is 3.93. The van der Waals surface area contributed by atoms with Crippen molar-refractivity contribution in [2.75, 3.05) is 11.9 Å². The number of rotatable bonds is 7. The Labute approximate surface area is 116 Å². The fraction of sp³-hybridized carbons (Fsp3) is 0.625. The minimum atomic E-state index is -0.136. The molecule has 106 valence electrons. The van der Waals surface area contributed by atoms with Gasteiger partial charge in [-0.1, -0.05) is 13.8 Å². The summed E-state index contributed by atoms with van der Waals surface area (Å²) in [6.07, 6.45) is 4.68. The molecule has 0 heterocycles. The van der Waals surface area contributed by atoms with Gasteiger partial charge in [0.1, 0.15) is 5.82 Å². The normalized spacial score (nSPS) is 15.0. The lowest BCUT2D eigenvalue weighted by Crippen LogP contribution is -2.30. The molecule has 0 radical (unpaired) electrons. The van der Waals surface area contributed by atoms with Crippen molar-refractivity contribution >= 4 is 5.69 Å². The lowest BCUT2D eigenvalue weighted by atomic mass is 10.1. The van der Waals surface area contributed by atoms with Crippen molar-refractivity contribution in [1.29, 1.82) is 0 Å². The van der Waals surface area contributed by atoms with Gasteiger partial charge in [-0.05, 0) is 49.4 Å². The van der Waals surface area contributed by atoms with Crippen molar-refractivity contribution in [2.24, 2.45) is 0 Å². The Hall–Kier alpha value is -1.09. The van der Waals surface area contributed by atoms with Gasteiger partial charge in [-0.2, -0.15) is 0 Å². The highest BCUT2D eigenvalue weighted by molar-refractivity contribution is 5.49. The average Bonchev–Trinajstić information content (AvgIpc) is 3.21. The van der Waals surface area contributed by atoms with Gasteiger partial charge in [-0.3, -0.25) is 0 Å². The lowest BCUT2D eigenvalue weighted by Gasteiger charge is -2.29. The molecular formula is C16H25FN2. The molecule has 0 unspecified atom stereocenters. The van der Waals surface area contributed by atoms with Gasteiger partial charge < -0.3 is 10.2 Å². The SMILES string of the molecule is CCC(CC)N(C)c1cc(F)cc(CNC2CC2)c1. The second-order valence-electron chi connectivity index (χ2n) is 5.55. The summed E-state index contributed by atoms with van der Waals surface area (Å²) >= 11 is 0. The van der Waals surface area contributed by atoms with E-state index >= 15 is 0 Å². The van der Waals surface area contributed by atoms with Crippen LogP contribution in [0, 0.1) is 5.82 Å². The van der Waals surface area contributed by atoms with Crippen molar-refractivity contribution in [3.8, 4) is 0 Å². The van der Waals surface area contributed by atoms with E-state index in [2.05, 4.69) is 37.2 Å². The highest BCUT2D eigenvalue weighted by Gasteiger charge is 2.20. The van der Waals surface area contributed by atoms with E-state index in [0.29, 0.717) is 12.1 Å². The largest absolute Gasteiger partial charge is 0.372 e. The lowest BCUT2D eigenvalue weighted by molar-refractivity contribution is 0.584. The predicted octanol–water partition coefficient (Wildman–Crippen LogP) is 3.70. The number of halogens is 1. The number of hydrogen-bond acceptors (Lipinski definition) is 2. The van der Waals surface area contributed by atoms with Crippen LogP contribution in [0.25, 0.3) is 0 Å². The van der Waals surface area contributed by atoms with E-state index in [1.165, 1.54) is 12.8 Å². The quantitative estimate of drug-likeness (QED) is 0.807. The fourth-order valence-electron chi connectivity index (χ4n) is 2.54. The Morgan fingerprint density at radius 3 is 2.53 bits per heavy atom. The molecule has 2 nitrogen and oxygen atoms in total. The monoisotopic (exact) mass is 264 g/mol. The molecule has 1 aromatic rings. The minimum absolute atomic E-state index is 0.136. The zero-order valence-corrected chi connectivity index (χ0v) is 12.2. The molecule has 1 N–H and O–H groups in total. The molecule has 0 saturated heterocycles. The smallest absolute Gasteiger partial charge is 0.125 e. The van der Waals surface area contributed by atoms with Gasteiger partial charge in [0.2, 0.25) is 0 Å². The number of hydrogen-bond donors (Lipinski definition) is 1. The Morgan fingerprint density at radius 1 is 1.26 bits per heavy atom. The maximum Gasteiger partial charge on any atom is 0.125 e. The maximum absolute atomic E-state index is 13.7. The zero-order chi connectivity index (χ0) is 13.8. The van der Waals surface area contributed by atoms with Crippen LogP contribution < -0.4 is 10.2 Å². The highest BCUT2D eigenvalue weighted by atomic mass is 19.1. The summed E-state index contributed by atoms with van der Waals surface area (Å²) in [6, 6.07) is 6.52. The predicted molar refractivity (Wildman–Crippen MR) is 79.0 cm³/mol. The van der Waals surface area contributed by atoms with Crippen LogP contribution in [0.3, 0.4) is 0 Å². The van der Waals surface area contributed by atoms with E-state index in [-0.39, 0.29) is 5.82 Å². The summed E-state index contributed by atoms with van der Waals surface area (Å²) < 4.78 is 13.7. The van der Waals surface area contributed by atoms with E-state index in [0.717, 1.165) is 30.6 Å². The second-order valence-corrected chi connectivity index (χ2v) is 5.55. The molecular weight excluding hydrogens is 239 g/mol. The third-order valence-electron chi connectivity index (χ3n) is 4.01. The van der Waals surface area contributed by atoms with Gasteiger partial charge in [0, 0.05) is 31.4 Å². The van der Waals surface area contributed by atoms with Gasteiger partial charge in [0.15, 0.2) is 0 Å². The molecule has 0 aliphatic heterocycles. The molecule has 0 spiro atoms. The van der Waals surface area contributed by atoms with Crippen LogP contribution in [0.1, 0.15) is 45.1 Å². The molecule has 0 aromatic heterocycles. The summed E-state index contributed by atoms with van der Waals surface area (Å²) in [6.45, 7) is 5.13. The van der Waals surface area contributed by atoms with Gasteiger partial charge in [-0.15, -0.1) is 0 Å². The van der Waals surface area contributed by atoms with Crippen LogP contribution in [0.2, 0.25) is 0 Å². The maximum atomic E-state index is 13.7. The van der Waals surface area contributed by atoms with E-state index < -0.39 is 0 Å². The molecule has 1 saturated carbocycles. The Morgan fingerprint density at radius 2 is 1.95 bits per heavy atom. The number of nitrogens with one attached hydrogen (secondary N) is 1. The molecule has 19 heavy (non-hydrogen) atoms. The Bertz CT molecular complexity index is 411. The van der Waals surface area contributed by atoms with Crippen molar-refractivity contribution in [2.45, 2.75) is 58.2 Å². The van der Waals surface area contributed by atoms with Gasteiger partial charge in [0.05, 0.1) is 0 Å². The molecule has 1 aliphatic rings. The number of benzene rings is 1. The van der Waals surface area contributed by atoms with Crippen LogP contribution in [0.15, 0.2) is 18.2 Å². The van der Waals surface area contributed by atoms with Crippen molar-refractivity contribution in [1.82, 2.24) is 5.32 Å². The summed E-state index contributed by atoms with van der Waals surface area (Å²) in [5.74, 6) is -0.136. The average molecular weight is 264 g/mol. The van der Waals surface area contributed by atoms with Gasteiger partial charge in [0.25, 0.3) is 0 Å². The topological polar surface area (TPSA) is 15.3 Å². The van der Waals surface area contributed by atoms with E-state index in [1.54, 1.807) is 12.1 Å². The fourth-order valence-corrected chi connectivity index (χ4v) is 2.54. The molecule has 0 amide bonds. The molecule has 3 heteroatoms. The summed E-state index contributed by atoms with van der Waals surface area (Å²) in [4.78, 5) is 2.20. The molecule has 0 atom stereocenters. The first-order valence-corrected chi connectivity index (χ1v) is 7.39. The number of nitrogens with zero attached hydrogens (tertiary/aromatic N) is 1. The molecule has 1 fully saturated rings. The molecule has 2 rings (SSSR count). The van der Waals surface area contributed by atoms with Crippen LogP contribution in [-0.2, 0) is 6.54 Å². The Kier molecular flexibility index (Phi) is 4.81. The third-order valence-corrected chi connectivity index (χ3v) is 4.01. The van der Waals surface area contributed by atoms with Crippen LogP contribution in [0.5, 0.6) is 0 Å². The first-order chi connectivity index (χ1) is 9.13. The minimum Gasteiger partial charge on any atom is -0.372 e. The molecule has 0 bridgehead atoms. The second kappa shape index (κ2) is 6.38. The first-order valence-electron chi connectivity index (χ1n) is 7.39. The van der Waals surface area contributed by atoms with Crippen LogP contribution in [0.4, 0.5) is 10.1 Å². The first kappa shape index (κ1) is 14.3. The van der Waals surface area contributed by atoms with Crippen molar-refractivity contribution in [3.05, 3.63) is 29.6 Å². The summed E-state index contributed by atoms with van der Waals surface area (Å²) in [5, 5.41) is 3.44. The standard InChI is InChI=1S/C16H25FN2/c1-4-15(5-2)19(3)16-9-12(8-13(17)10-16)11-18-14-6-7-14/h8-10,14-15,18H,4-7,11H2,1-3H3. The zero-order valence-electron chi connectivity index (χ0n) is 12.2. The molecule has 1 aromatic carbocycles. The summed E-state index contributed by atoms with van der Waals surface area (Å²) in [5.41, 5.74) is 2.03. The summed E-state index contributed by atoms with van der Waals surface area (Å²) in [7, 11) is 2.06. The van der Waals surface area contributed by atoms with E-state index in [4.69, 9.17) is 0 Å². The highest BCUT2D eigenvalue weighted by Crippen LogP contribution is 2.23. The Balaban J connectivity index is 2.09. The van der Waals surface area contributed by atoms with Crippen molar-refractivity contribution in [3.63, 3.8) is 0 Å². The van der Waals surface area contributed by atoms with Gasteiger partial charge in [-0.25, -0.2) is 4.39 Å². The van der Waals surface area contributed by atoms with Crippen LogP contribution in [-0.4, -0.2) is 19.1 Å². The van der Waals surface area contributed by atoms with Gasteiger partial charge >= 0.3 is 0 Å². The number of anilines is 1. The van der Waals surface area contributed by atoms with Crippen LogP contribution >= 0.6 is 0 Å².